The van der Waals surface area contributed by atoms with E-state index in [1.807, 2.05) is 6.07 Å². The summed E-state index contributed by atoms with van der Waals surface area (Å²) in [5.74, 6) is 1.26. The molecule has 1 aromatic carbocycles. The van der Waals surface area contributed by atoms with Crippen LogP contribution in [0.15, 0.2) is 30.5 Å². The SMILES string of the molecule is Nc1nccc(N2CCC[C@@H](C(C(=O)NCc3ccc(Cl)cc3F)C3CC3)C2)n1. The molecular weight excluding hydrogens is 393 g/mol. The van der Waals surface area contributed by atoms with E-state index >= 15 is 0 Å². The Morgan fingerprint density at radius 1 is 1.31 bits per heavy atom. The maximum Gasteiger partial charge on any atom is 0.224 e. The van der Waals surface area contributed by atoms with Gasteiger partial charge in [0.15, 0.2) is 0 Å². The number of hydrogen-bond donors (Lipinski definition) is 2. The molecule has 0 bridgehead atoms. The van der Waals surface area contributed by atoms with E-state index in [0.717, 1.165) is 44.6 Å². The van der Waals surface area contributed by atoms with Crippen molar-refractivity contribution in [2.45, 2.75) is 32.2 Å². The van der Waals surface area contributed by atoms with Crippen LogP contribution in [0.25, 0.3) is 0 Å². The van der Waals surface area contributed by atoms with Gasteiger partial charge in [-0.1, -0.05) is 17.7 Å². The molecule has 2 aromatic rings. The summed E-state index contributed by atoms with van der Waals surface area (Å²) in [6, 6.07) is 6.38. The normalized spacial score (nSPS) is 20.3. The van der Waals surface area contributed by atoms with Crippen molar-refractivity contribution in [2.24, 2.45) is 17.8 Å². The van der Waals surface area contributed by atoms with Gasteiger partial charge in [-0.2, -0.15) is 4.98 Å². The van der Waals surface area contributed by atoms with Crippen molar-refractivity contribution < 1.29 is 9.18 Å². The molecule has 154 valence electrons. The van der Waals surface area contributed by atoms with E-state index in [0.29, 0.717) is 16.5 Å². The molecule has 1 aliphatic heterocycles. The van der Waals surface area contributed by atoms with Crippen molar-refractivity contribution in [1.82, 2.24) is 15.3 Å². The van der Waals surface area contributed by atoms with Gasteiger partial charge in [-0.05, 0) is 55.7 Å². The minimum absolute atomic E-state index is 0.0101. The van der Waals surface area contributed by atoms with Crippen LogP contribution in [0, 0.1) is 23.6 Å². The van der Waals surface area contributed by atoms with E-state index < -0.39 is 5.82 Å². The van der Waals surface area contributed by atoms with Gasteiger partial charge >= 0.3 is 0 Å². The zero-order valence-electron chi connectivity index (χ0n) is 16.2. The van der Waals surface area contributed by atoms with Gasteiger partial charge in [0.25, 0.3) is 0 Å². The molecular formula is C21H25ClFN5O. The van der Waals surface area contributed by atoms with Crippen molar-refractivity contribution >= 4 is 29.3 Å². The number of piperidine rings is 1. The summed E-state index contributed by atoms with van der Waals surface area (Å²) in [5.41, 5.74) is 6.17. The molecule has 1 saturated carbocycles. The Bertz CT molecular complexity index is 891. The molecule has 2 aliphatic rings. The fraction of sp³-hybridized carbons (Fsp3) is 0.476. The Hall–Kier alpha value is -2.41. The van der Waals surface area contributed by atoms with Crippen LogP contribution in [0.2, 0.25) is 5.02 Å². The highest BCUT2D eigenvalue weighted by atomic mass is 35.5. The lowest BCUT2D eigenvalue weighted by atomic mass is 9.81. The molecule has 1 saturated heterocycles. The van der Waals surface area contributed by atoms with Gasteiger partial charge in [-0.3, -0.25) is 4.79 Å². The van der Waals surface area contributed by atoms with Crippen LogP contribution in [0.5, 0.6) is 0 Å². The Morgan fingerprint density at radius 2 is 2.14 bits per heavy atom. The minimum atomic E-state index is -0.397. The summed E-state index contributed by atoms with van der Waals surface area (Å²) >= 11 is 5.81. The van der Waals surface area contributed by atoms with Gasteiger partial charge in [0.1, 0.15) is 11.6 Å². The van der Waals surface area contributed by atoms with Crippen LogP contribution in [-0.2, 0) is 11.3 Å². The number of rotatable bonds is 6. The summed E-state index contributed by atoms with van der Waals surface area (Å²) in [4.78, 5) is 23.5. The summed E-state index contributed by atoms with van der Waals surface area (Å²) in [5, 5.41) is 3.30. The second kappa shape index (κ2) is 8.53. The first kappa shape index (κ1) is 19.9. The molecule has 2 atom stereocenters. The van der Waals surface area contributed by atoms with Crippen molar-refractivity contribution in [3.05, 3.63) is 46.9 Å². The van der Waals surface area contributed by atoms with Crippen molar-refractivity contribution in [3.63, 3.8) is 0 Å². The molecule has 8 heteroatoms. The smallest absolute Gasteiger partial charge is 0.224 e. The monoisotopic (exact) mass is 417 g/mol. The largest absolute Gasteiger partial charge is 0.368 e. The topological polar surface area (TPSA) is 84.1 Å². The molecule has 3 N–H and O–H groups in total. The van der Waals surface area contributed by atoms with Gasteiger partial charge in [0, 0.05) is 42.3 Å². The number of hydrogen-bond acceptors (Lipinski definition) is 5. The number of benzene rings is 1. The van der Waals surface area contributed by atoms with Crippen LogP contribution in [0.4, 0.5) is 16.2 Å². The van der Waals surface area contributed by atoms with Gasteiger partial charge in [0.05, 0.1) is 0 Å². The molecule has 6 nitrogen and oxygen atoms in total. The second-order valence-corrected chi connectivity index (χ2v) is 8.37. The molecule has 29 heavy (non-hydrogen) atoms. The third-order valence-electron chi connectivity index (χ3n) is 5.85. The summed E-state index contributed by atoms with van der Waals surface area (Å²) in [6.45, 7) is 1.83. The zero-order chi connectivity index (χ0) is 20.4. The van der Waals surface area contributed by atoms with E-state index in [-0.39, 0.29) is 30.2 Å². The van der Waals surface area contributed by atoms with Crippen LogP contribution in [0.3, 0.4) is 0 Å². The first-order valence-electron chi connectivity index (χ1n) is 10.1. The number of carbonyl (C=O) groups is 1. The third-order valence-corrected chi connectivity index (χ3v) is 6.09. The van der Waals surface area contributed by atoms with E-state index in [1.165, 1.54) is 6.07 Å². The van der Waals surface area contributed by atoms with E-state index in [1.54, 1.807) is 18.3 Å². The van der Waals surface area contributed by atoms with E-state index in [9.17, 15) is 9.18 Å². The maximum atomic E-state index is 14.0. The van der Waals surface area contributed by atoms with Crippen molar-refractivity contribution in [1.29, 1.82) is 0 Å². The first-order chi connectivity index (χ1) is 14.0. The highest BCUT2D eigenvalue weighted by Gasteiger charge is 2.42. The summed E-state index contributed by atoms with van der Waals surface area (Å²) < 4.78 is 14.0. The lowest BCUT2D eigenvalue weighted by Gasteiger charge is -2.37. The Labute approximate surface area is 174 Å². The predicted octanol–water partition coefficient (Wildman–Crippen LogP) is 3.41. The number of amides is 1. The fourth-order valence-electron chi connectivity index (χ4n) is 4.28. The molecule has 4 rings (SSSR count). The first-order valence-corrected chi connectivity index (χ1v) is 10.4. The molecule has 2 fully saturated rings. The number of nitrogens with zero attached hydrogens (tertiary/aromatic N) is 3. The lowest BCUT2D eigenvalue weighted by molar-refractivity contribution is -0.127. The molecule has 0 radical (unpaired) electrons. The number of halogens is 2. The predicted molar refractivity (Wildman–Crippen MR) is 111 cm³/mol. The molecule has 1 aromatic heterocycles. The average Bonchev–Trinajstić information content (AvgIpc) is 3.53. The highest BCUT2D eigenvalue weighted by Crippen LogP contribution is 2.43. The van der Waals surface area contributed by atoms with E-state index in [4.69, 9.17) is 17.3 Å². The number of nitrogens with one attached hydrogen (secondary N) is 1. The third kappa shape index (κ3) is 4.78. The number of carbonyl (C=O) groups excluding carboxylic acids is 1. The highest BCUT2D eigenvalue weighted by molar-refractivity contribution is 6.30. The lowest BCUT2D eigenvalue weighted by Crippen LogP contribution is -2.44. The van der Waals surface area contributed by atoms with Gasteiger partial charge in [-0.15, -0.1) is 0 Å². The van der Waals surface area contributed by atoms with Gasteiger partial charge in [0.2, 0.25) is 11.9 Å². The summed E-state index contributed by atoms with van der Waals surface area (Å²) in [6.07, 6.45) is 5.81. The maximum absolute atomic E-state index is 14.0. The molecule has 0 spiro atoms. The van der Waals surface area contributed by atoms with Crippen molar-refractivity contribution in [2.75, 3.05) is 23.7 Å². The standard InChI is InChI=1S/C21H25ClFN5O/c22-16-6-5-14(17(23)10-16)11-26-20(29)19(13-3-4-13)15-2-1-9-28(12-15)18-7-8-25-21(24)27-18/h5-8,10,13,15,19H,1-4,9,11-12H2,(H,26,29)(H2,24,25,27)/t15-,19?/m1/s1. The van der Waals surface area contributed by atoms with Crippen LogP contribution >= 0.6 is 11.6 Å². The minimum Gasteiger partial charge on any atom is -0.368 e. The number of nitrogen functional groups attached to an aromatic ring is 1. The molecule has 2 heterocycles. The Morgan fingerprint density at radius 3 is 2.86 bits per heavy atom. The Balaban J connectivity index is 1.43. The number of aromatic nitrogens is 2. The average molecular weight is 418 g/mol. The quantitative estimate of drug-likeness (QED) is 0.752. The van der Waals surface area contributed by atoms with Gasteiger partial charge < -0.3 is 16.0 Å². The van der Waals surface area contributed by atoms with Crippen LogP contribution in [-0.4, -0.2) is 29.0 Å². The Kier molecular flexibility index (Phi) is 5.85. The van der Waals surface area contributed by atoms with Crippen LogP contribution < -0.4 is 16.0 Å². The molecule has 1 aliphatic carbocycles. The number of nitrogens with two attached hydrogens (primary N) is 1. The zero-order valence-corrected chi connectivity index (χ0v) is 16.9. The molecule has 1 amide bonds. The van der Waals surface area contributed by atoms with Crippen molar-refractivity contribution in [3.8, 4) is 0 Å². The van der Waals surface area contributed by atoms with Crippen LogP contribution in [0.1, 0.15) is 31.2 Å². The molecule has 1 unspecified atom stereocenters. The fourth-order valence-corrected chi connectivity index (χ4v) is 4.44. The van der Waals surface area contributed by atoms with E-state index in [2.05, 4.69) is 20.2 Å². The van der Waals surface area contributed by atoms with Gasteiger partial charge in [-0.25, -0.2) is 9.37 Å². The second-order valence-electron chi connectivity index (χ2n) is 7.94. The number of anilines is 2. The summed E-state index contributed by atoms with van der Waals surface area (Å²) in [7, 11) is 0.